The fraction of sp³-hybridized carbons (Fsp3) is 0.545. The Morgan fingerprint density at radius 3 is 2.44 bits per heavy atom. The van der Waals surface area contributed by atoms with Crippen molar-refractivity contribution < 1.29 is 13.5 Å². The maximum absolute atomic E-state index is 13.0. The molecular weight excluding hydrogens is 318 g/mol. The lowest BCUT2D eigenvalue weighted by atomic mass is 9.78. The molecule has 1 nitrogen and oxygen atoms in total. The third-order valence-electron chi connectivity index (χ3n) is 5.40. The molecule has 1 aromatic rings. The summed E-state index contributed by atoms with van der Waals surface area (Å²) in [5.74, 6) is 1.22. The number of rotatable bonds is 5. The van der Waals surface area contributed by atoms with Gasteiger partial charge in [0.2, 0.25) is 0 Å². The number of hydrogen-bond donors (Lipinski definition) is 0. The van der Waals surface area contributed by atoms with Crippen molar-refractivity contribution in [2.24, 2.45) is 5.92 Å². The van der Waals surface area contributed by atoms with Crippen molar-refractivity contribution in [3.8, 4) is 0 Å². The van der Waals surface area contributed by atoms with Gasteiger partial charge in [0.05, 0.1) is 13.0 Å². The van der Waals surface area contributed by atoms with Crippen LogP contribution in [-0.2, 0) is 11.2 Å². The molecule has 3 heteroatoms. The van der Waals surface area contributed by atoms with Gasteiger partial charge in [-0.25, -0.2) is 0 Å². The molecule has 1 aliphatic heterocycles. The van der Waals surface area contributed by atoms with Crippen LogP contribution >= 0.6 is 0 Å². The van der Waals surface area contributed by atoms with Gasteiger partial charge in [-0.1, -0.05) is 55.8 Å². The molecule has 0 radical (unpaired) electrons. The van der Waals surface area contributed by atoms with Crippen molar-refractivity contribution in [1.29, 1.82) is 0 Å². The third-order valence-corrected chi connectivity index (χ3v) is 5.40. The Bertz CT molecular complexity index is 607. The van der Waals surface area contributed by atoms with Crippen LogP contribution in [0.5, 0.6) is 0 Å². The van der Waals surface area contributed by atoms with E-state index in [1.165, 1.54) is 43.2 Å². The molecule has 1 fully saturated rings. The molecule has 1 aromatic carbocycles. The minimum absolute atomic E-state index is 0.0168. The zero-order chi connectivity index (χ0) is 17.7. The van der Waals surface area contributed by atoms with Crippen LogP contribution in [0, 0.1) is 5.92 Å². The molecule has 0 atom stereocenters. The van der Waals surface area contributed by atoms with Crippen LogP contribution in [0.2, 0.25) is 0 Å². The third kappa shape index (κ3) is 5.24. The fourth-order valence-electron chi connectivity index (χ4n) is 3.82. The molecule has 0 spiro atoms. The van der Waals surface area contributed by atoms with Gasteiger partial charge < -0.3 is 4.74 Å². The van der Waals surface area contributed by atoms with Crippen molar-refractivity contribution in [2.75, 3.05) is 6.61 Å². The van der Waals surface area contributed by atoms with Crippen molar-refractivity contribution in [2.45, 2.75) is 63.9 Å². The number of halogens is 2. The van der Waals surface area contributed by atoms with Crippen LogP contribution in [-0.4, -0.2) is 12.7 Å². The van der Waals surface area contributed by atoms with E-state index in [4.69, 9.17) is 0 Å². The van der Waals surface area contributed by atoms with Crippen molar-refractivity contribution in [3.63, 3.8) is 0 Å². The Kier molecular flexibility index (Phi) is 6.06. The van der Waals surface area contributed by atoms with Gasteiger partial charge in [0.15, 0.2) is 0 Å². The highest BCUT2D eigenvalue weighted by molar-refractivity contribution is 5.26. The molecule has 0 saturated heterocycles. The zero-order valence-electron chi connectivity index (χ0n) is 15.0. The molecule has 136 valence electrons. The molecule has 25 heavy (non-hydrogen) atoms. The molecule has 0 amide bonds. The Morgan fingerprint density at radius 2 is 1.84 bits per heavy atom. The first-order valence-electron chi connectivity index (χ1n) is 9.53. The second kappa shape index (κ2) is 8.27. The number of alkyl halides is 2. The predicted octanol–water partition coefficient (Wildman–Crippen LogP) is 6.41. The first-order chi connectivity index (χ1) is 12.1. The predicted molar refractivity (Wildman–Crippen MR) is 97.9 cm³/mol. The van der Waals surface area contributed by atoms with Gasteiger partial charge in [-0.3, -0.25) is 0 Å². The van der Waals surface area contributed by atoms with Gasteiger partial charge >= 0.3 is 6.11 Å². The summed E-state index contributed by atoms with van der Waals surface area (Å²) in [6.07, 6.45) is 9.58. The summed E-state index contributed by atoms with van der Waals surface area (Å²) in [5.41, 5.74) is 3.77. The summed E-state index contributed by atoms with van der Waals surface area (Å²) in [4.78, 5) is 0. The first kappa shape index (κ1) is 18.3. The summed E-state index contributed by atoms with van der Waals surface area (Å²) >= 11 is 0. The lowest BCUT2D eigenvalue weighted by Gasteiger charge is -2.27. The molecule has 3 rings (SSSR count). The molecular formula is C22H28F2O. The summed E-state index contributed by atoms with van der Waals surface area (Å²) in [5, 5.41) is 0. The number of aryl methyl sites for hydroxylation is 1. The molecule has 0 bridgehead atoms. The van der Waals surface area contributed by atoms with Crippen molar-refractivity contribution in [1.82, 2.24) is 0 Å². The maximum atomic E-state index is 13.0. The van der Waals surface area contributed by atoms with Gasteiger partial charge in [0, 0.05) is 0 Å². The standard InChI is InChI=1S/C22H28F2O/c1-2-3-17-6-10-20(11-7-17)21-12-8-18(9-13-21)4-5-19-14-15-22(23,24)25-16-19/h4-7,10-11,14,18,21H,2-3,8-9,12-13,15-16H2,1H3/b5-4+. The van der Waals surface area contributed by atoms with E-state index in [0.29, 0.717) is 11.8 Å². The van der Waals surface area contributed by atoms with E-state index in [2.05, 4.69) is 42.0 Å². The summed E-state index contributed by atoms with van der Waals surface area (Å²) in [6.45, 7) is 2.23. The largest absolute Gasteiger partial charge is 0.359 e. The normalized spacial score (nSPS) is 26.6. The summed E-state index contributed by atoms with van der Waals surface area (Å²) in [7, 11) is 0. The fourth-order valence-corrected chi connectivity index (χ4v) is 3.82. The lowest BCUT2D eigenvalue weighted by molar-refractivity contribution is -0.234. The van der Waals surface area contributed by atoms with Crippen LogP contribution < -0.4 is 0 Å². The molecule has 2 aliphatic rings. The molecule has 1 aliphatic carbocycles. The van der Waals surface area contributed by atoms with E-state index in [0.717, 1.165) is 12.0 Å². The molecule has 0 unspecified atom stereocenters. The SMILES string of the molecule is CCCc1ccc(C2CCC(/C=C/C3=CCC(F)(F)OC3)CC2)cc1. The Balaban J connectivity index is 1.48. The van der Waals surface area contributed by atoms with Crippen molar-refractivity contribution in [3.05, 3.63) is 59.2 Å². The second-order valence-electron chi connectivity index (χ2n) is 7.37. The zero-order valence-corrected chi connectivity index (χ0v) is 15.0. The summed E-state index contributed by atoms with van der Waals surface area (Å²) in [6, 6.07) is 9.15. The van der Waals surface area contributed by atoms with Crippen LogP contribution in [0.4, 0.5) is 8.78 Å². The topological polar surface area (TPSA) is 9.23 Å². The minimum Gasteiger partial charge on any atom is -0.315 e. The van der Waals surface area contributed by atoms with Crippen LogP contribution in [0.25, 0.3) is 0 Å². The van der Waals surface area contributed by atoms with E-state index in [1.807, 2.05) is 6.08 Å². The van der Waals surface area contributed by atoms with Gasteiger partial charge in [0.1, 0.15) is 0 Å². The van der Waals surface area contributed by atoms with Gasteiger partial charge in [-0.15, -0.1) is 0 Å². The maximum Gasteiger partial charge on any atom is 0.359 e. The quantitative estimate of drug-likeness (QED) is 0.598. The van der Waals surface area contributed by atoms with Crippen molar-refractivity contribution >= 4 is 0 Å². The first-order valence-corrected chi connectivity index (χ1v) is 9.53. The monoisotopic (exact) mass is 346 g/mol. The molecule has 1 saturated carbocycles. The number of hydrogen-bond acceptors (Lipinski definition) is 1. The van der Waals surface area contributed by atoms with E-state index in [9.17, 15) is 8.78 Å². The van der Waals surface area contributed by atoms with E-state index in [1.54, 1.807) is 6.08 Å². The number of benzene rings is 1. The number of allylic oxidation sites excluding steroid dienone is 1. The molecule has 0 N–H and O–H groups in total. The molecule has 0 aromatic heterocycles. The van der Waals surface area contributed by atoms with E-state index < -0.39 is 6.11 Å². The average molecular weight is 346 g/mol. The van der Waals surface area contributed by atoms with Crippen LogP contribution in [0.3, 0.4) is 0 Å². The Morgan fingerprint density at radius 1 is 1.12 bits per heavy atom. The highest BCUT2D eigenvalue weighted by atomic mass is 19.3. The van der Waals surface area contributed by atoms with Crippen LogP contribution in [0.15, 0.2) is 48.1 Å². The van der Waals surface area contributed by atoms with E-state index in [-0.39, 0.29) is 13.0 Å². The smallest absolute Gasteiger partial charge is 0.315 e. The van der Waals surface area contributed by atoms with Gasteiger partial charge in [0.25, 0.3) is 0 Å². The molecule has 1 heterocycles. The summed E-state index contributed by atoms with van der Waals surface area (Å²) < 4.78 is 30.5. The van der Waals surface area contributed by atoms with Crippen LogP contribution in [0.1, 0.15) is 62.5 Å². The number of ether oxygens (including phenoxy) is 1. The Hall–Kier alpha value is -1.48. The Labute approximate surface area is 149 Å². The average Bonchev–Trinajstić information content (AvgIpc) is 2.62. The van der Waals surface area contributed by atoms with Gasteiger partial charge in [-0.2, -0.15) is 8.78 Å². The highest BCUT2D eigenvalue weighted by Crippen LogP contribution is 2.36. The lowest BCUT2D eigenvalue weighted by Crippen LogP contribution is -2.24. The van der Waals surface area contributed by atoms with E-state index >= 15 is 0 Å². The second-order valence-corrected chi connectivity index (χ2v) is 7.37. The minimum atomic E-state index is -2.98. The highest BCUT2D eigenvalue weighted by Gasteiger charge is 2.31. The van der Waals surface area contributed by atoms with Gasteiger partial charge in [-0.05, 0) is 60.6 Å².